The van der Waals surface area contributed by atoms with Crippen molar-refractivity contribution in [2.45, 2.75) is 26.8 Å². The summed E-state index contributed by atoms with van der Waals surface area (Å²) in [4.78, 5) is 24.2. The van der Waals surface area contributed by atoms with E-state index in [9.17, 15) is 9.59 Å². The Bertz CT molecular complexity index is 759. The Morgan fingerprint density at radius 3 is 2.50 bits per heavy atom. The van der Waals surface area contributed by atoms with Crippen LogP contribution < -0.4 is 20.7 Å². The molecular formula is C20H25N3O3. The molecule has 0 unspecified atom stereocenters. The molecule has 0 atom stereocenters. The molecule has 0 saturated heterocycles. The van der Waals surface area contributed by atoms with Crippen molar-refractivity contribution in [3.63, 3.8) is 0 Å². The van der Waals surface area contributed by atoms with Gasteiger partial charge < -0.3 is 20.7 Å². The van der Waals surface area contributed by atoms with Gasteiger partial charge in [-0.15, -0.1) is 0 Å². The van der Waals surface area contributed by atoms with Crippen LogP contribution in [0.25, 0.3) is 0 Å². The van der Waals surface area contributed by atoms with Gasteiger partial charge in [0, 0.05) is 29.0 Å². The monoisotopic (exact) mass is 355 g/mol. The minimum atomic E-state index is -0.201. The van der Waals surface area contributed by atoms with Crippen LogP contribution in [-0.2, 0) is 4.79 Å². The third-order valence-corrected chi connectivity index (χ3v) is 3.43. The number of rotatable bonds is 8. The summed E-state index contributed by atoms with van der Waals surface area (Å²) in [7, 11) is 0. The van der Waals surface area contributed by atoms with Crippen molar-refractivity contribution in [1.82, 2.24) is 5.32 Å². The third-order valence-electron chi connectivity index (χ3n) is 3.43. The second kappa shape index (κ2) is 9.46. The van der Waals surface area contributed by atoms with Crippen LogP contribution in [0.5, 0.6) is 5.75 Å². The molecule has 0 aliphatic rings. The fourth-order valence-electron chi connectivity index (χ4n) is 2.33. The zero-order valence-electron chi connectivity index (χ0n) is 15.3. The van der Waals surface area contributed by atoms with E-state index in [0.717, 1.165) is 11.4 Å². The Balaban J connectivity index is 1.91. The van der Waals surface area contributed by atoms with Crippen LogP contribution in [0.3, 0.4) is 0 Å². The minimum absolute atomic E-state index is 0.0531. The predicted molar refractivity (Wildman–Crippen MR) is 104 cm³/mol. The van der Waals surface area contributed by atoms with Crippen LogP contribution in [0.4, 0.5) is 11.4 Å². The van der Waals surface area contributed by atoms with Gasteiger partial charge in [0.05, 0.1) is 13.2 Å². The lowest BCUT2D eigenvalue weighted by Gasteiger charge is -2.11. The molecule has 0 aliphatic carbocycles. The van der Waals surface area contributed by atoms with Gasteiger partial charge in [0.15, 0.2) is 0 Å². The normalized spacial score (nSPS) is 10.3. The summed E-state index contributed by atoms with van der Waals surface area (Å²) in [5.74, 6) is 0.386. The van der Waals surface area contributed by atoms with Gasteiger partial charge in [-0.3, -0.25) is 9.59 Å². The van der Waals surface area contributed by atoms with E-state index in [1.165, 1.54) is 0 Å². The molecule has 0 saturated carbocycles. The minimum Gasteiger partial charge on any atom is -0.494 e. The maximum atomic E-state index is 12.1. The maximum Gasteiger partial charge on any atom is 0.251 e. The average molecular weight is 355 g/mol. The Morgan fingerprint density at radius 2 is 1.77 bits per heavy atom. The van der Waals surface area contributed by atoms with E-state index >= 15 is 0 Å². The van der Waals surface area contributed by atoms with Gasteiger partial charge in [0.25, 0.3) is 5.91 Å². The number of benzene rings is 2. The molecule has 0 aromatic heterocycles. The molecule has 0 heterocycles. The number of nitrogens with one attached hydrogen (secondary N) is 3. The van der Waals surface area contributed by atoms with Crippen molar-refractivity contribution in [3.05, 3.63) is 54.1 Å². The smallest absolute Gasteiger partial charge is 0.251 e. The zero-order valence-corrected chi connectivity index (χ0v) is 15.3. The highest BCUT2D eigenvalue weighted by atomic mass is 16.5. The maximum absolute atomic E-state index is 12.1. The fourth-order valence-corrected chi connectivity index (χ4v) is 2.33. The highest BCUT2D eigenvalue weighted by Gasteiger charge is 2.09. The van der Waals surface area contributed by atoms with Gasteiger partial charge in [-0.1, -0.05) is 12.1 Å². The molecule has 0 radical (unpaired) electrons. The SMILES string of the molecule is CCOc1cccc(NCC(=O)Nc2cccc(C(=O)NC(C)C)c2)c1. The predicted octanol–water partition coefficient (Wildman–Crippen LogP) is 3.27. The van der Waals surface area contributed by atoms with E-state index in [4.69, 9.17) is 4.74 Å². The lowest BCUT2D eigenvalue weighted by Crippen LogP contribution is -2.30. The van der Waals surface area contributed by atoms with Crippen LogP contribution in [0.2, 0.25) is 0 Å². The first-order chi connectivity index (χ1) is 12.5. The van der Waals surface area contributed by atoms with Crippen molar-refractivity contribution >= 4 is 23.2 Å². The van der Waals surface area contributed by atoms with Gasteiger partial charge in [0.2, 0.25) is 5.91 Å². The fraction of sp³-hybridized carbons (Fsp3) is 0.300. The topological polar surface area (TPSA) is 79.5 Å². The van der Waals surface area contributed by atoms with Gasteiger partial charge in [-0.2, -0.15) is 0 Å². The van der Waals surface area contributed by atoms with Crippen LogP contribution in [0.1, 0.15) is 31.1 Å². The van der Waals surface area contributed by atoms with Gasteiger partial charge >= 0.3 is 0 Å². The van der Waals surface area contributed by atoms with E-state index in [1.54, 1.807) is 24.3 Å². The zero-order chi connectivity index (χ0) is 18.9. The summed E-state index contributed by atoms with van der Waals surface area (Å²) < 4.78 is 5.43. The molecule has 2 rings (SSSR count). The van der Waals surface area contributed by atoms with Crippen LogP contribution >= 0.6 is 0 Å². The Hall–Kier alpha value is -3.02. The number of hydrogen-bond donors (Lipinski definition) is 3. The molecule has 3 N–H and O–H groups in total. The third kappa shape index (κ3) is 6.12. The molecule has 6 nitrogen and oxygen atoms in total. The molecule has 0 fully saturated rings. The highest BCUT2D eigenvalue weighted by molar-refractivity contribution is 5.98. The lowest BCUT2D eigenvalue weighted by molar-refractivity contribution is -0.114. The summed E-state index contributed by atoms with van der Waals surface area (Å²) in [5, 5.41) is 8.67. The molecule has 0 aliphatic heterocycles. The number of carbonyl (C=O) groups is 2. The Kier molecular flexibility index (Phi) is 7.02. The summed E-state index contributed by atoms with van der Waals surface area (Å²) in [6.45, 7) is 6.41. The first kappa shape index (κ1) is 19.3. The first-order valence-corrected chi connectivity index (χ1v) is 8.65. The van der Waals surface area contributed by atoms with Crippen molar-refractivity contribution in [3.8, 4) is 5.75 Å². The number of ether oxygens (including phenoxy) is 1. The van der Waals surface area contributed by atoms with E-state index in [0.29, 0.717) is 17.9 Å². The second-order valence-corrected chi connectivity index (χ2v) is 6.07. The molecule has 2 aromatic rings. The van der Waals surface area contributed by atoms with Gasteiger partial charge in [-0.25, -0.2) is 0 Å². The first-order valence-electron chi connectivity index (χ1n) is 8.65. The number of carbonyl (C=O) groups excluding carboxylic acids is 2. The summed E-state index contributed by atoms with van der Waals surface area (Å²) in [6.07, 6.45) is 0. The molecule has 2 amide bonds. The van der Waals surface area contributed by atoms with Crippen LogP contribution in [0.15, 0.2) is 48.5 Å². The average Bonchev–Trinajstić information content (AvgIpc) is 2.60. The highest BCUT2D eigenvalue weighted by Crippen LogP contribution is 2.17. The number of hydrogen-bond acceptors (Lipinski definition) is 4. The summed E-state index contributed by atoms with van der Waals surface area (Å²) in [5.41, 5.74) is 1.89. The summed E-state index contributed by atoms with van der Waals surface area (Å²) >= 11 is 0. The van der Waals surface area contributed by atoms with Gasteiger partial charge in [-0.05, 0) is 51.1 Å². The van der Waals surface area contributed by atoms with Crippen LogP contribution in [-0.4, -0.2) is 31.0 Å². The molecule has 6 heteroatoms. The van der Waals surface area contributed by atoms with Crippen molar-refractivity contribution in [1.29, 1.82) is 0 Å². The molecule has 0 spiro atoms. The van der Waals surface area contributed by atoms with E-state index < -0.39 is 0 Å². The Labute approximate surface area is 153 Å². The molecule has 0 bridgehead atoms. The molecule has 2 aromatic carbocycles. The second-order valence-electron chi connectivity index (χ2n) is 6.07. The molecule has 138 valence electrons. The Morgan fingerprint density at radius 1 is 1.04 bits per heavy atom. The van der Waals surface area contributed by atoms with Crippen molar-refractivity contribution in [2.75, 3.05) is 23.8 Å². The quantitative estimate of drug-likeness (QED) is 0.679. The van der Waals surface area contributed by atoms with Crippen molar-refractivity contribution in [2.24, 2.45) is 0 Å². The number of anilines is 2. The van der Waals surface area contributed by atoms with Gasteiger partial charge in [0.1, 0.15) is 5.75 Å². The van der Waals surface area contributed by atoms with Crippen molar-refractivity contribution < 1.29 is 14.3 Å². The lowest BCUT2D eigenvalue weighted by atomic mass is 10.1. The summed E-state index contributed by atoms with van der Waals surface area (Å²) in [6, 6.07) is 14.3. The largest absolute Gasteiger partial charge is 0.494 e. The standard InChI is InChI=1S/C20H25N3O3/c1-4-26-18-10-6-8-16(12-18)21-13-19(24)23-17-9-5-7-15(11-17)20(25)22-14(2)3/h5-12,14,21H,4,13H2,1-3H3,(H,22,25)(H,23,24). The molecule has 26 heavy (non-hydrogen) atoms. The van der Waals surface area contributed by atoms with E-state index in [2.05, 4.69) is 16.0 Å². The van der Waals surface area contributed by atoms with E-state index in [-0.39, 0.29) is 24.4 Å². The van der Waals surface area contributed by atoms with E-state index in [1.807, 2.05) is 45.0 Å². The van der Waals surface area contributed by atoms with Crippen LogP contribution in [0, 0.1) is 0 Å². The molecular weight excluding hydrogens is 330 g/mol. The number of amides is 2.